The molecule has 1 fully saturated rings. The minimum absolute atomic E-state index is 0.0240. The Hall–Kier alpha value is -1.85. The van der Waals surface area contributed by atoms with Crippen molar-refractivity contribution in [3.63, 3.8) is 0 Å². The van der Waals surface area contributed by atoms with Gasteiger partial charge in [-0.2, -0.15) is 0 Å². The maximum atomic E-state index is 12.5. The third kappa shape index (κ3) is 4.05. The van der Waals surface area contributed by atoms with Gasteiger partial charge >= 0.3 is 0 Å². The maximum Gasteiger partial charge on any atom is 0.228 e. The van der Waals surface area contributed by atoms with Gasteiger partial charge < -0.3 is 14.4 Å². The molecule has 1 aromatic heterocycles. The average molecular weight is 346 g/mol. The first-order chi connectivity index (χ1) is 12.0. The molecule has 25 heavy (non-hydrogen) atoms. The number of hydrogen-bond acceptors (Lipinski definition) is 3. The summed E-state index contributed by atoms with van der Waals surface area (Å²) in [6, 6.07) is -0.0240. The Morgan fingerprint density at radius 2 is 1.88 bits per heavy atom. The number of carbonyl (C=O) groups excluding carboxylic acids is 2. The van der Waals surface area contributed by atoms with Crippen LogP contribution in [0.1, 0.15) is 64.0 Å². The summed E-state index contributed by atoms with van der Waals surface area (Å²) in [6.07, 6.45) is 6.10. The number of aromatic nitrogens is 2. The van der Waals surface area contributed by atoms with Crippen LogP contribution in [0.2, 0.25) is 0 Å². The van der Waals surface area contributed by atoms with Gasteiger partial charge in [-0.25, -0.2) is 4.98 Å². The highest BCUT2D eigenvalue weighted by molar-refractivity contribution is 5.78. The topological polar surface area (TPSA) is 58.4 Å². The molecule has 0 spiro atoms. The quantitative estimate of drug-likeness (QED) is 0.822. The van der Waals surface area contributed by atoms with Crippen molar-refractivity contribution in [2.24, 2.45) is 5.92 Å². The van der Waals surface area contributed by atoms with Crippen molar-refractivity contribution in [1.82, 2.24) is 19.4 Å². The Balaban J connectivity index is 1.65. The highest BCUT2D eigenvalue weighted by Crippen LogP contribution is 2.26. The fourth-order valence-electron chi connectivity index (χ4n) is 3.76. The molecule has 0 saturated carbocycles. The van der Waals surface area contributed by atoms with Gasteiger partial charge in [-0.15, -0.1) is 0 Å². The van der Waals surface area contributed by atoms with E-state index in [9.17, 15) is 9.59 Å². The number of amides is 2. The molecule has 6 nitrogen and oxygen atoms in total. The largest absolute Gasteiger partial charge is 0.342 e. The van der Waals surface area contributed by atoms with E-state index in [1.54, 1.807) is 0 Å². The van der Waals surface area contributed by atoms with Crippen LogP contribution in [0, 0.1) is 5.92 Å². The molecule has 1 atom stereocenters. The van der Waals surface area contributed by atoms with E-state index in [4.69, 9.17) is 4.98 Å². The van der Waals surface area contributed by atoms with Crippen LogP contribution in [-0.2, 0) is 22.6 Å². The normalized spacial score (nSPS) is 20.2. The van der Waals surface area contributed by atoms with E-state index in [0.717, 1.165) is 57.0 Å². The summed E-state index contributed by atoms with van der Waals surface area (Å²) in [4.78, 5) is 33.4. The second kappa shape index (κ2) is 7.58. The summed E-state index contributed by atoms with van der Waals surface area (Å²) in [6.45, 7) is 9.56. The third-order valence-electron chi connectivity index (χ3n) is 5.33. The zero-order valence-electron chi connectivity index (χ0n) is 15.7. The Morgan fingerprint density at radius 3 is 2.56 bits per heavy atom. The third-order valence-corrected chi connectivity index (χ3v) is 5.33. The van der Waals surface area contributed by atoms with Crippen molar-refractivity contribution >= 4 is 11.8 Å². The molecule has 6 heteroatoms. The average Bonchev–Trinajstić information content (AvgIpc) is 3.22. The second-order valence-corrected chi connectivity index (χ2v) is 7.74. The van der Waals surface area contributed by atoms with Gasteiger partial charge in [0.15, 0.2) is 0 Å². The van der Waals surface area contributed by atoms with E-state index in [1.807, 2.05) is 22.9 Å². The van der Waals surface area contributed by atoms with Crippen molar-refractivity contribution in [2.45, 2.75) is 65.5 Å². The number of carbonyl (C=O) groups is 2. The van der Waals surface area contributed by atoms with Crippen molar-refractivity contribution in [2.75, 3.05) is 19.6 Å². The zero-order valence-corrected chi connectivity index (χ0v) is 15.7. The highest BCUT2D eigenvalue weighted by atomic mass is 16.2. The molecular weight excluding hydrogens is 316 g/mol. The molecule has 2 aliphatic rings. The highest BCUT2D eigenvalue weighted by Gasteiger charge is 2.30. The summed E-state index contributed by atoms with van der Waals surface area (Å²) >= 11 is 0. The molecular formula is C19H30N4O2. The lowest BCUT2D eigenvalue weighted by molar-refractivity contribution is -0.135. The Bertz CT molecular complexity index is 631. The molecule has 0 aromatic carbocycles. The number of hydrogen-bond donors (Lipinski definition) is 0. The molecule has 0 aliphatic carbocycles. The number of likely N-dealkylation sites (tertiary alicyclic amines) is 1. The number of nitrogens with zero attached hydrogens (tertiary/aromatic N) is 4. The van der Waals surface area contributed by atoms with Crippen LogP contribution >= 0.6 is 0 Å². The minimum atomic E-state index is -0.0240. The molecule has 0 radical (unpaired) electrons. The summed E-state index contributed by atoms with van der Waals surface area (Å²) < 4.78 is 2.11. The van der Waals surface area contributed by atoms with Gasteiger partial charge in [0.25, 0.3) is 0 Å². The molecule has 2 amide bonds. The smallest absolute Gasteiger partial charge is 0.228 e. The second-order valence-electron chi connectivity index (χ2n) is 7.74. The minimum Gasteiger partial charge on any atom is -0.342 e. The standard InChI is InChI=1S/C19H30N4O2/c1-14(2)6-7-17(24)23-11-10-22-13-16(20-19(22)15(23)3)12-18(25)21-8-4-5-9-21/h13-15H,4-12H2,1-3H3. The first-order valence-electron chi connectivity index (χ1n) is 9.59. The van der Waals surface area contributed by atoms with Crippen molar-refractivity contribution in [1.29, 1.82) is 0 Å². The van der Waals surface area contributed by atoms with Crippen LogP contribution in [0.25, 0.3) is 0 Å². The number of fused-ring (bicyclic) bond motifs is 1. The van der Waals surface area contributed by atoms with Crippen LogP contribution in [0.4, 0.5) is 0 Å². The maximum absolute atomic E-state index is 12.5. The Kier molecular flexibility index (Phi) is 5.45. The Morgan fingerprint density at radius 1 is 1.16 bits per heavy atom. The predicted octanol–water partition coefficient (Wildman–Crippen LogP) is 2.39. The summed E-state index contributed by atoms with van der Waals surface area (Å²) in [7, 11) is 0. The molecule has 0 bridgehead atoms. The van der Waals surface area contributed by atoms with Crippen LogP contribution in [0.3, 0.4) is 0 Å². The SMILES string of the molecule is CC(C)CCC(=O)N1CCn2cc(CC(=O)N3CCCC3)nc2C1C. The van der Waals surface area contributed by atoms with Crippen LogP contribution < -0.4 is 0 Å². The lowest BCUT2D eigenvalue weighted by Gasteiger charge is -2.34. The molecule has 138 valence electrons. The summed E-state index contributed by atoms with van der Waals surface area (Å²) in [5.41, 5.74) is 0.829. The van der Waals surface area contributed by atoms with E-state index in [-0.39, 0.29) is 17.9 Å². The van der Waals surface area contributed by atoms with E-state index in [0.29, 0.717) is 18.8 Å². The van der Waals surface area contributed by atoms with Crippen molar-refractivity contribution in [3.8, 4) is 0 Å². The van der Waals surface area contributed by atoms with E-state index < -0.39 is 0 Å². The summed E-state index contributed by atoms with van der Waals surface area (Å²) in [5.74, 6) is 1.83. The van der Waals surface area contributed by atoms with Crippen LogP contribution in [0.5, 0.6) is 0 Å². The lowest BCUT2D eigenvalue weighted by Crippen LogP contribution is -2.41. The van der Waals surface area contributed by atoms with E-state index >= 15 is 0 Å². The fourth-order valence-corrected chi connectivity index (χ4v) is 3.76. The monoisotopic (exact) mass is 346 g/mol. The van der Waals surface area contributed by atoms with Crippen LogP contribution in [0.15, 0.2) is 6.20 Å². The molecule has 1 saturated heterocycles. The zero-order chi connectivity index (χ0) is 18.0. The van der Waals surface area contributed by atoms with Crippen molar-refractivity contribution < 1.29 is 9.59 Å². The number of rotatable bonds is 5. The predicted molar refractivity (Wildman–Crippen MR) is 95.9 cm³/mol. The van der Waals surface area contributed by atoms with Gasteiger partial charge in [-0.05, 0) is 32.1 Å². The van der Waals surface area contributed by atoms with E-state index in [2.05, 4.69) is 18.4 Å². The fraction of sp³-hybridized carbons (Fsp3) is 0.737. The van der Waals surface area contributed by atoms with Gasteiger partial charge in [0, 0.05) is 38.8 Å². The van der Waals surface area contributed by atoms with Crippen molar-refractivity contribution in [3.05, 3.63) is 17.7 Å². The molecule has 3 heterocycles. The lowest BCUT2D eigenvalue weighted by atomic mass is 10.1. The first-order valence-corrected chi connectivity index (χ1v) is 9.59. The van der Waals surface area contributed by atoms with Gasteiger partial charge in [-0.3, -0.25) is 9.59 Å². The van der Waals surface area contributed by atoms with Gasteiger partial charge in [0.2, 0.25) is 11.8 Å². The van der Waals surface area contributed by atoms with Gasteiger partial charge in [0.1, 0.15) is 5.82 Å². The number of imidazole rings is 1. The van der Waals surface area contributed by atoms with Gasteiger partial charge in [-0.1, -0.05) is 13.8 Å². The molecule has 2 aliphatic heterocycles. The van der Waals surface area contributed by atoms with Crippen LogP contribution in [-0.4, -0.2) is 50.8 Å². The van der Waals surface area contributed by atoms with Gasteiger partial charge in [0.05, 0.1) is 18.2 Å². The molecule has 0 N–H and O–H groups in total. The summed E-state index contributed by atoms with van der Waals surface area (Å²) in [5, 5.41) is 0. The first kappa shape index (κ1) is 18.0. The Labute approximate surface area is 150 Å². The molecule has 1 unspecified atom stereocenters. The van der Waals surface area contributed by atoms with E-state index in [1.165, 1.54) is 0 Å². The molecule has 1 aromatic rings. The molecule has 3 rings (SSSR count).